The van der Waals surface area contributed by atoms with Gasteiger partial charge in [0.15, 0.2) is 0 Å². The van der Waals surface area contributed by atoms with E-state index < -0.39 is 0 Å². The third-order valence-corrected chi connectivity index (χ3v) is 3.66. The Morgan fingerprint density at radius 2 is 0.882 bits per heavy atom. The minimum absolute atomic E-state index is 0. The fourth-order valence-corrected chi connectivity index (χ4v) is 2.63. The normalized spacial score (nSPS) is 11.3. The highest BCUT2D eigenvalue weighted by Crippen LogP contribution is 2.15. The summed E-state index contributed by atoms with van der Waals surface area (Å²) in [7, 11) is 0. The van der Waals surface area contributed by atoms with E-state index in [0.717, 1.165) is 0 Å². The molecule has 0 spiro atoms. The Labute approximate surface area is 120 Å². The Hall–Kier alpha value is 0.440. The molecule has 0 aromatic rings. The van der Waals surface area contributed by atoms with E-state index in [1.54, 1.807) is 0 Å². The standard InChI is InChI=1S/C15H34N.BrH/c1-5-9-13-16(12-8-4,14-10-6-2)15-11-7-3;/h5-15H2,1-4H3;1H/q+1;/p-1. The lowest BCUT2D eigenvalue weighted by molar-refractivity contribution is -0.928. The van der Waals surface area contributed by atoms with Crippen molar-refractivity contribution in [2.75, 3.05) is 26.2 Å². The SMILES string of the molecule is CCCC[N+](CCC)(CCCC)CCCC.[Br-]. The lowest BCUT2D eigenvalue weighted by Crippen LogP contribution is -3.00. The molecular formula is C15H34BrN. The lowest BCUT2D eigenvalue weighted by atomic mass is 10.1. The van der Waals surface area contributed by atoms with Crippen LogP contribution in [0.1, 0.15) is 72.6 Å². The molecule has 0 amide bonds. The van der Waals surface area contributed by atoms with Crippen LogP contribution in [0.15, 0.2) is 0 Å². The third-order valence-electron chi connectivity index (χ3n) is 3.66. The van der Waals surface area contributed by atoms with Crippen molar-refractivity contribution in [3.8, 4) is 0 Å². The maximum atomic E-state index is 2.34. The van der Waals surface area contributed by atoms with Crippen LogP contribution in [0.5, 0.6) is 0 Å². The van der Waals surface area contributed by atoms with Crippen molar-refractivity contribution < 1.29 is 21.5 Å². The van der Waals surface area contributed by atoms with Gasteiger partial charge in [0.05, 0.1) is 26.2 Å². The molecular weight excluding hydrogens is 274 g/mol. The first kappa shape index (κ1) is 19.8. The molecule has 0 fully saturated rings. The van der Waals surface area contributed by atoms with Gasteiger partial charge in [0.1, 0.15) is 0 Å². The summed E-state index contributed by atoms with van der Waals surface area (Å²) < 4.78 is 1.41. The number of unbranched alkanes of at least 4 members (excludes halogenated alkanes) is 3. The number of quaternary nitrogens is 1. The van der Waals surface area contributed by atoms with Crippen molar-refractivity contribution >= 4 is 0 Å². The molecule has 2 heteroatoms. The molecule has 0 unspecified atom stereocenters. The van der Waals surface area contributed by atoms with Gasteiger partial charge < -0.3 is 21.5 Å². The van der Waals surface area contributed by atoms with Gasteiger partial charge in [-0.15, -0.1) is 0 Å². The maximum absolute atomic E-state index is 2.34. The van der Waals surface area contributed by atoms with E-state index in [2.05, 4.69) is 27.7 Å². The van der Waals surface area contributed by atoms with Crippen LogP contribution in [0.4, 0.5) is 0 Å². The Bertz CT molecular complexity index is 126. The Balaban J connectivity index is 0. The molecule has 0 rings (SSSR count). The lowest BCUT2D eigenvalue weighted by Gasteiger charge is -2.39. The zero-order valence-electron chi connectivity index (χ0n) is 12.6. The quantitative estimate of drug-likeness (QED) is 0.509. The van der Waals surface area contributed by atoms with Gasteiger partial charge in [-0.3, -0.25) is 0 Å². The molecule has 0 bridgehead atoms. The van der Waals surface area contributed by atoms with Crippen molar-refractivity contribution in [3.05, 3.63) is 0 Å². The molecule has 0 aliphatic heterocycles. The van der Waals surface area contributed by atoms with Gasteiger partial charge >= 0.3 is 0 Å². The summed E-state index contributed by atoms with van der Waals surface area (Å²) in [5.41, 5.74) is 0. The largest absolute Gasteiger partial charge is 1.00 e. The molecule has 0 atom stereocenters. The molecule has 0 saturated heterocycles. The zero-order valence-corrected chi connectivity index (χ0v) is 14.2. The van der Waals surface area contributed by atoms with E-state index in [-0.39, 0.29) is 17.0 Å². The van der Waals surface area contributed by atoms with E-state index >= 15 is 0 Å². The number of hydrogen-bond acceptors (Lipinski definition) is 0. The maximum Gasteiger partial charge on any atom is 0.0786 e. The summed E-state index contributed by atoms with van der Waals surface area (Å²) >= 11 is 0. The van der Waals surface area contributed by atoms with Crippen LogP contribution in [0.25, 0.3) is 0 Å². The molecule has 17 heavy (non-hydrogen) atoms. The highest BCUT2D eigenvalue weighted by Gasteiger charge is 2.24. The fraction of sp³-hybridized carbons (Fsp3) is 1.00. The Morgan fingerprint density at radius 1 is 0.529 bits per heavy atom. The molecule has 0 aliphatic carbocycles. The van der Waals surface area contributed by atoms with Crippen LogP contribution >= 0.6 is 0 Å². The van der Waals surface area contributed by atoms with Gasteiger partial charge in [-0.05, 0) is 25.7 Å². The van der Waals surface area contributed by atoms with Crippen LogP contribution in [-0.4, -0.2) is 30.7 Å². The Kier molecular flexibility index (Phi) is 15.0. The number of halogens is 1. The van der Waals surface area contributed by atoms with E-state index in [4.69, 9.17) is 0 Å². The Morgan fingerprint density at radius 3 is 1.12 bits per heavy atom. The van der Waals surface area contributed by atoms with Crippen LogP contribution < -0.4 is 17.0 Å². The fourth-order valence-electron chi connectivity index (χ4n) is 2.63. The monoisotopic (exact) mass is 307 g/mol. The summed E-state index contributed by atoms with van der Waals surface area (Å²) in [6.07, 6.45) is 9.62. The van der Waals surface area contributed by atoms with Gasteiger partial charge in [0.2, 0.25) is 0 Å². The summed E-state index contributed by atoms with van der Waals surface area (Å²) in [5.74, 6) is 0. The zero-order chi connectivity index (χ0) is 12.3. The smallest absolute Gasteiger partial charge is 0.0786 e. The molecule has 1 nitrogen and oxygen atoms in total. The molecule has 0 aliphatic rings. The molecule has 0 aromatic carbocycles. The van der Waals surface area contributed by atoms with Crippen LogP contribution in [0, 0.1) is 0 Å². The second-order valence-corrected chi connectivity index (χ2v) is 5.30. The molecule has 0 saturated carbocycles. The second kappa shape index (κ2) is 12.9. The highest BCUT2D eigenvalue weighted by molar-refractivity contribution is 4.48. The van der Waals surface area contributed by atoms with E-state index in [1.807, 2.05) is 0 Å². The predicted molar refractivity (Wildman–Crippen MR) is 74.7 cm³/mol. The summed E-state index contributed by atoms with van der Waals surface area (Å²) in [6, 6.07) is 0. The predicted octanol–water partition coefficient (Wildman–Crippen LogP) is 1.62. The van der Waals surface area contributed by atoms with Crippen molar-refractivity contribution in [1.29, 1.82) is 0 Å². The average molecular weight is 308 g/mol. The number of hydrogen-bond donors (Lipinski definition) is 0. The van der Waals surface area contributed by atoms with E-state index in [9.17, 15) is 0 Å². The molecule has 0 aromatic heterocycles. The van der Waals surface area contributed by atoms with E-state index in [0.29, 0.717) is 0 Å². The van der Waals surface area contributed by atoms with Crippen molar-refractivity contribution in [2.45, 2.75) is 72.6 Å². The average Bonchev–Trinajstić information content (AvgIpc) is 2.31. The van der Waals surface area contributed by atoms with Gasteiger partial charge in [0, 0.05) is 0 Å². The number of nitrogens with zero attached hydrogens (tertiary/aromatic N) is 1. The van der Waals surface area contributed by atoms with Gasteiger partial charge in [-0.2, -0.15) is 0 Å². The minimum atomic E-state index is 0. The first-order valence-corrected chi connectivity index (χ1v) is 7.59. The number of rotatable bonds is 11. The van der Waals surface area contributed by atoms with Crippen LogP contribution in [-0.2, 0) is 0 Å². The van der Waals surface area contributed by atoms with E-state index in [1.165, 1.54) is 75.6 Å². The van der Waals surface area contributed by atoms with Crippen LogP contribution in [0.2, 0.25) is 0 Å². The van der Waals surface area contributed by atoms with Gasteiger partial charge in [0.25, 0.3) is 0 Å². The highest BCUT2D eigenvalue weighted by atomic mass is 79.9. The molecule has 0 N–H and O–H groups in total. The van der Waals surface area contributed by atoms with Crippen molar-refractivity contribution in [1.82, 2.24) is 0 Å². The topological polar surface area (TPSA) is 0 Å². The molecule has 0 radical (unpaired) electrons. The van der Waals surface area contributed by atoms with Crippen molar-refractivity contribution in [3.63, 3.8) is 0 Å². The minimum Gasteiger partial charge on any atom is -1.00 e. The van der Waals surface area contributed by atoms with Gasteiger partial charge in [-0.1, -0.05) is 47.0 Å². The summed E-state index contributed by atoms with van der Waals surface area (Å²) in [6.45, 7) is 15.0. The second-order valence-electron chi connectivity index (χ2n) is 5.30. The summed E-state index contributed by atoms with van der Waals surface area (Å²) in [5, 5.41) is 0. The van der Waals surface area contributed by atoms with Crippen LogP contribution in [0.3, 0.4) is 0 Å². The van der Waals surface area contributed by atoms with Gasteiger partial charge in [-0.25, -0.2) is 0 Å². The molecule has 106 valence electrons. The third kappa shape index (κ3) is 9.07. The first-order chi connectivity index (χ1) is 7.74. The molecule has 0 heterocycles. The van der Waals surface area contributed by atoms with Crippen molar-refractivity contribution in [2.24, 2.45) is 0 Å². The summed E-state index contributed by atoms with van der Waals surface area (Å²) in [4.78, 5) is 0. The first-order valence-electron chi connectivity index (χ1n) is 7.59.